The summed E-state index contributed by atoms with van der Waals surface area (Å²) in [5.41, 5.74) is -2.08. The number of rotatable bonds is 6. The van der Waals surface area contributed by atoms with Gasteiger partial charge in [0.1, 0.15) is 11.6 Å². The van der Waals surface area contributed by atoms with Crippen molar-refractivity contribution in [3.05, 3.63) is 46.3 Å². The van der Waals surface area contributed by atoms with Gasteiger partial charge in [-0.2, -0.15) is 13.2 Å². The number of allylic oxidation sites excluding steroid dienone is 1. The normalized spacial score (nSPS) is 28.1. The Morgan fingerprint density at radius 3 is 2.56 bits per heavy atom. The molecule has 3 saturated carbocycles. The monoisotopic (exact) mass is 737 g/mol. The van der Waals surface area contributed by atoms with Crippen molar-refractivity contribution in [2.24, 2.45) is 17.8 Å². The molecule has 2 aromatic rings. The van der Waals surface area contributed by atoms with Crippen molar-refractivity contribution in [2.45, 2.75) is 81.4 Å². The Hall–Kier alpha value is -3.99. The quantitative estimate of drug-likeness (QED) is 0.358. The van der Waals surface area contributed by atoms with Crippen molar-refractivity contribution in [2.75, 3.05) is 18.9 Å². The van der Waals surface area contributed by atoms with Crippen LogP contribution in [0.3, 0.4) is 0 Å². The Kier molecular flexibility index (Phi) is 9.76. The number of alkyl halides is 3. The van der Waals surface area contributed by atoms with Crippen molar-refractivity contribution >= 4 is 50.9 Å². The topological polar surface area (TPSA) is 164 Å². The maximum Gasteiger partial charge on any atom is 0.416 e. The third kappa shape index (κ3) is 7.67. The third-order valence-corrected chi connectivity index (χ3v) is 12.3. The molecular formula is C33H38F3N5O7S2. The Balaban J connectivity index is 1.22. The fraction of sp³-hybridized carbons (Fsp3) is 0.545. The zero-order valence-corrected chi connectivity index (χ0v) is 29.1. The number of hydrogen-bond donors (Lipinski definition) is 3. The van der Waals surface area contributed by atoms with Gasteiger partial charge < -0.3 is 15.0 Å². The Labute approximate surface area is 291 Å². The minimum Gasteiger partial charge on any atom is -0.446 e. The summed E-state index contributed by atoms with van der Waals surface area (Å²) in [4.78, 5) is 60.1. The Morgan fingerprint density at radius 2 is 1.88 bits per heavy atom. The van der Waals surface area contributed by atoms with Gasteiger partial charge >= 0.3 is 12.3 Å². The molecule has 5 unspecified atom stereocenters. The van der Waals surface area contributed by atoms with Gasteiger partial charge in [0, 0.05) is 30.5 Å². The van der Waals surface area contributed by atoms with Gasteiger partial charge in [-0.3, -0.25) is 24.4 Å². The van der Waals surface area contributed by atoms with E-state index in [1.54, 1.807) is 19.4 Å². The first-order valence-corrected chi connectivity index (χ1v) is 18.9. The van der Waals surface area contributed by atoms with Crippen LogP contribution in [0.25, 0.3) is 11.3 Å². The van der Waals surface area contributed by atoms with Crippen molar-refractivity contribution in [3.63, 3.8) is 0 Å². The molecule has 3 aliphatic carbocycles. The average Bonchev–Trinajstić information content (AvgIpc) is 3.93. The van der Waals surface area contributed by atoms with Gasteiger partial charge in [-0.15, -0.1) is 11.3 Å². The molecule has 3 N–H and O–H groups in total. The van der Waals surface area contributed by atoms with Crippen LogP contribution in [0.4, 0.5) is 23.7 Å². The minimum absolute atomic E-state index is 0.0476. The fourth-order valence-corrected chi connectivity index (χ4v) is 8.69. The summed E-state index contributed by atoms with van der Waals surface area (Å²) in [5.74, 6) is -4.28. The maximum atomic E-state index is 13.9. The van der Waals surface area contributed by atoms with E-state index in [0.717, 1.165) is 18.6 Å². The zero-order chi connectivity index (χ0) is 36.0. The highest BCUT2D eigenvalue weighted by Crippen LogP contribution is 2.47. The molecule has 12 nitrogen and oxygen atoms in total. The highest BCUT2D eigenvalue weighted by molar-refractivity contribution is 7.91. The van der Waals surface area contributed by atoms with E-state index in [9.17, 15) is 40.8 Å². The molecule has 0 saturated heterocycles. The predicted octanol–water partition coefficient (Wildman–Crippen LogP) is 4.76. The van der Waals surface area contributed by atoms with Crippen molar-refractivity contribution in [1.29, 1.82) is 0 Å². The molecule has 1 aliphatic heterocycles. The number of halogens is 3. The van der Waals surface area contributed by atoms with Crippen molar-refractivity contribution in [3.8, 4) is 11.3 Å². The summed E-state index contributed by atoms with van der Waals surface area (Å²) in [6.07, 6.45) is -0.0549. The summed E-state index contributed by atoms with van der Waals surface area (Å²) >= 11 is 1.29. The van der Waals surface area contributed by atoms with E-state index in [-0.39, 0.29) is 36.4 Å². The number of ether oxygens (including phenoxy) is 1. The number of sulfonamides is 1. The minimum atomic E-state index is -4.69. The Morgan fingerprint density at radius 1 is 1.14 bits per heavy atom. The number of nitrogens with one attached hydrogen (secondary N) is 3. The molecule has 270 valence electrons. The number of hydrogen-bond acceptors (Lipinski definition) is 9. The summed E-state index contributed by atoms with van der Waals surface area (Å²) in [6, 6.07) is 2.90. The standard InChI is InChI=1S/C33H38F3N5O7S2/c1-18-37-27(17-49-18)23-11-8-19(33(34,35)36)13-26(23)38-31(45)48-21-14-24-25(15-21)29(43)41(2)12-6-4-3-5-7-20-16-32(20,39-28(24)42)30(44)40-50(46,47)22-9-10-22/h5,7-8,11,13,17,20-22,24-25H,3-4,6,9-10,12,14-16H2,1-2H3,(H,38,45)(H,39,42)(H,40,44)/b7-5+. The highest BCUT2D eigenvalue weighted by Gasteiger charge is 2.62. The number of amides is 4. The molecule has 4 amide bonds. The molecule has 4 aliphatic rings. The lowest BCUT2D eigenvalue weighted by molar-refractivity contribution is -0.140. The second-order valence-corrected chi connectivity index (χ2v) is 16.5. The van der Waals surface area contributed by atoms with Gasteiger partial charge in [0.25, 0.3) is 5.91 Å². The zero-order valence-electron chi connectivity index (χ0n) is 27.4. The van der Waals surface area contributed by atoms with Gasteiger partial charge in [0.2, 0.25) is 21.8 Å². The lowest BCUT2D eigenvalue weighted by Crippen LogP contribution is -2.54. The summed E-state index contributed by atoms with van der Waals surface area (Å²) < 4.78 is 73.9. The molecule has 0 bridgehead atoms. The smallest absolute Gasteiger partial charge is 0.416 e. The number of carbonyl (C=O) groups excluding carboxylic acids is 4. The van der Waals surface area contributed by atoms with Crippen LogP contribution in [-0.4, -0.2) is 72.6 Å². The van der Waals surface area contributed by atoms with Crippen molar-refractivity contribution < 1.29 is 45.5 Å². The van der Waals surface area contributed by atoms with Crippen LogP contribution < -0.4 is 15.4 Å². The fourth-order valence-electron chi connectivity index (χ4n) is 6.72. The van der Waals surface area contributed by atoms with E-state index in [1.165, 1.54) is 22.3 Å². The van der Waals surface area contributed by atoms with Gasteiger partial charge in [-0.1, -0.05) is 18.2 Å². The first-order valence-electron chi connectivity index (χ1n) is 16.5. The SMILES string of the molecule is Cc1nc(-c2ccc(C(F)(F)F)cc2NC(=O)OC2CC3C(=O)NC4(C(=O)NS(=O)(=O)C5CC5)CC4/C=C/CCCCN(C)C(=O)C3C2)cs1. The second kappa shape index (κ2) is 13.6. The largest absolute Gasteiger partial charge is 0.446 e. The molecule has 0 spiro atoms. The molecule has 3 fully saturated rings. The van der Waals surface area contributed by atoms with Crippen LogP contribution in [-0.2, 0) is 35.3 Å². The first-order chi connectivity index (χ1) is 23.6. The number of fused-ring (bicyclic) bond motifs is 2. The third-order valence-electron chi connectivity index (χ3n) is 9.75. The van der Waals surface area contributed by atoms with Crippen LogP contribution in [0.2, 0.25) is 0 Å². The van der Waals surface area contributed by atoms with Crippen LogP contribution in [0.15, 0.2) is 35.7 Å². The number of aromatic nitrogens is 1. The van der Waals surface area contributed by atoms with E-state index in [0.29, 0.717) is 42.9 Å². The van der Waals surface area contributed by atoms with Gasteiger partial charge in [0.05, 0.1) is 39.0 Å². The summed E-state index contributed by atoms with van der Waals surface area (Å²) in [7, 11) is -2.29. The number of benzene rings is 1. The van der Waals surface area contributed by atoms with Gasteiger partial charge in [-0.25, -0.2) is 18.2 Å². The molecule has 1 aromatic carbocycles. The molecular weight excluding hydrogens is 700 g/mol. The van der Waals surface area contributed by atoms with E-state index >= 15 is 0 Å². The molecule has 2 heterocycles. The number of carbonyl (C=O) groups is 4. The molecule has 0 radical (unpaired) electrons. The lowest BCUT2D eigenvalue weighted by Gasteiger charge is -2.26. The van der Waals surface area contributed by atoms with Crippen molar-refractivity contribution in [1.82, 2.24) is 19.9 Å². The maximum absolute atomic E-state index is 13.9. The van der Waals surface area contributed by atoms with E-state index in [2.05, 4.69) is 20.3 Å². The van der Waals surface area contributed by atoms with Crippen LogP contribution in [0.5, 0.6) is 0 Å². The molecule has 50 heavy (non-hydrogen) atoms. The number of thiazole rings is 1. The van der Waals surface area contributed by atoms with E-state index in [4.69, 9.17) is 4.74 Å². The van der Waals surface area contributed by atoms with Crippen LogP contribution in [0, 0.1) is 24.7 Å². The first kappa shape index (κ1) is 35.8. The number of anilines is 1. The summed E-state index contributed by atoms with van der Waals surface area (Å²) in [5, 5.41) is 6.84. The molecule has 17 heteroatoms. The molecule has 6 rings (SSSR count). The van der Waals surface area contributed by atoms with Gasteiger partial charge in [-0.05, 0) is 70.4 Å². The summed E-state index contributed by atoms with van der Waals surface area (Å²) in [6.45, 7) is 2.16. The highest BCUT2D eigenvalue weighted by atomic mass is 32.2. The average molecular weight is 738 g/mol. The Bertz CT molecular complexity index is 1830. The van der Waals surface area contributed by atoms with E-state index in [1.807, 2.05) is 12.2 Å². The lowest BCUT2D eigenvalue weighted by atomic mass is 9.93. The number of aryl methyl sites for hydroxylation is 1. The molecule has 5 atom stereocenters. The van der Waals surface area contributed by atoms with E-state index < -0.39 is 74.3 Å². The second-order valence-electron chi connectivity index (χ2n) is 13.5. The van der Waals surface area contributed by atoms with Crippen LogP contribution >= 0.6 is 11.3 Å². The molecule has 1 aromatic heterocycles. The predicted molar refractivity (Wildman–Crippen MR) is 177 cm³/mol. The number of nitrogens with zero attached hydrogens (tertiary/aromatic N) is 2. The van der Waals surface area contributed by atoms with Gasteiger partial charge in [0.15, 0.2) is 0 Å². The van der Waals surface area contributed by atoms with Crippen LogP contribution in [0.1, 0.15) is 61.9 Å².